The summed E-state index contributed by atoms with van der Waals surface area (Å²) < 4.78 is 13.9. The fourth-order valence-corrected chi connectivity index (χ4v) is 2.88. The van der Waals surface area contributed by atoms with Crippen molar-refractivity contribution in [2.75, 3.05) is 25.0 Å². The summed E-state index contributed by atoms with van der Waals surface area (Å²) in [4.78, 5) is 2.18. The van der Waals surface area contributed by atoms with Gasteiger partial charge in [0.1, 0.15) is 5.82 Å². The molecule has 20 heavy (non-hydrogen) atoms. The number of piperidine rings is 1. The van der Waals surface area contributed by atoms with Crippen molar-refractivity contribution in [3.05, 3.63) is 29.1 Å². The first-order valence-corrected chi connectivity index (χ1v) is 7.29. The van der Waals surface area contributed by atoms with Crippen LogP contribution in [0.4, 0.5) is 10.1 Å². The molecule has 1 heterocycles. The average Bonchev–Trinajstić information content (AvgIpc) is 2.39. The van der Waals surface area contributed by atoms with Crippen molar-refractivity contribution in [1.29, 1.82) is 0 Å². The molecule has 1 aliphatic rings. The maximum absolute atomic E-state index is 13.9. The molecular formula is C16H25FN2O. The summed E-state index contributed by atoms with van der Waals surface area (Å²) in [6.07, 6.45) is 1.78. The largest absolute Gasteiger partial charge is 0.388 e. The quantitative estimate of drug-likeness (QED) is 0.893. The summed E-state index contributed by atoms with van der Waals surface area (Å²) in [5.41, 5.74) is 1.97. The highest BCUT2D eigenvalue weighted by Gasteiger charge is 2.30. The molecule has 0 bridgehead atoms. The van der Waals surface area contributed by atoms with Gasteiger partial charge in [0.05, 0.1) is 5.60 Å². The predicted molar refractivity (Wildman–Crippen MR) is 80.7 cm³/mol. The van der Waals surface area contributed by atoms with E-state index in [4.69, 9.17) is 0 Å². The number of aryl methyl sites for hydroxylation is 1. The number of nitrogens with one attached hydrogen (secondary N) is 1. The van der Waals surface area contributed by atoms with Crippen molar-refractivity contribution >= 4 is 5.69 Å². The lowest BCUT2D eigenvalue weighted by Crippen LogP contribution is -2.46. The SMILES string of the molecule is CNC(C)c1cc(F)c(C)cc1N1CCCC(C)(O)C1. The Morgan fingerprint density at radius 3 is 2.75 bits per heavy atom. The molecule has 2 rings (SSSR count). The molecule has 2 atom stereocenters. The van der Waals surface area contributed by atoms with Crippen LogP contribution in [0.25, 0.3) is 0 Å². The minimum absolute atomic E-state index is 0.0759. The van der Waals surface area contributed by atoms with Gasteiger partial charge in [0, 0.05) is 24.8 Å². The van der Waals surface area contributed by atoms with E-state index in [1.807, 2.05) is 27.0 Å². The van der Waals surface area contributed by atoms with Gasteiger partial charge in [-0.3, -0.25) is 0 Å². The van der Waals surface area contributed by atoms with Crippen LogP contribution >= 0.6 is 0 Å². The van der Waals surface area contributed by atoms with Gasteiger partial charge in [-0.1, -0.05) is 0 Å². The first-order chi connectivity index (χ1) is 9.34. The Morgan fingerprint density at radius 2 is 2.15 bits per heavy atom. The van der Waals surface area contributed by atoms with E-state index in [1.54, 1.807) is 13.0 Å². The Kier molecular flexibility index (Phi) is 4.35. The summed E-state index contributed by atoms with van der Waals surface area (Å²) in [7, 11) is 1.87. The molecule has 0 spiro atoms. The third kappa shape index (κ3) is 3.13. The van der Waals surface area contributed by atoms with Gasteiger partial charge in [0.15, 0.2) is 0 Å². The van der Waals surface area contributed by atoms with Crippen LogP contribution in [0.2, 0.25) is 0 Å². The van der Waals surface area contributed by atoms with Crippen molar-refractivity contribution in [2.24, 2.45) is 0 Å². The minimum atomic E-state index is -0.666. The second kappa shape index (κ2) is 5.70. The van der Waals surface area contributed by atoms with Gasteiger partial charge >= 0.3 is 0 Å². The number of hydrogen-bond donors (Lipinski definition) is 2. The van der Waals surface area contributed by atoms with E-state index in [1.165, 1.54) is 0 Å². The number of benzene rings is 1. The lowest BCUT2D eigenvalue weighted by atomic mass is 9.93. The van der Waals surface area contributed by atoms with E-state index in [0.717, 1.165) is 30.6 Å². The third-order valence-corrected chi connectivity index (χ3v) is 4.22. The minimum Gasteiger partial charge on any atom is -0.388 e. The second-order valence-electron chi connectivity index (χ2n) is 6.19. The molecule has 0 aromatic heterocycles. The van der Waals surface area contributed by atoms with Crippen LogP contribution in [0.1, 0.15) is 43.9 Å². The number of hydrogen-bond acceptors (Lipinski definition) is 3. The highest BCUT2D eigenvalue weighted by atomic mass is 19.1. The van der Waals surface area contributed by atoms with E-state index < -0.39 is 5.60 Å². The first kappa shape index (κ1) is 15.3. The summed E-state index contributed by atoms with van der Waals surface area (Å²) in [6, 6.07) is 3.60. The fraction of sp³-hybridized carbons (Fsp3) is 0.625. The Hall–Kier alpha value is -1.13. The number of nitrogens with zero attached hydrogens (tertiary/aromatic N) is 1. The number of halogens is 1. The lowest BCUT2D eigenvalue weighted by molar-refractivity contribution is 0.0448. The van der Waals surface area contributed by atoms with Crippen LogP contribution in [-0.2, 0) is 0 Å². The number of aliphatic hydroxyl groups is 1. The van der Waals surface area contributed by atoms with Crippen molar-refractivity contribution in [2.45, 2.75) is 45.3 Å². The summed E-state index contributed by atoms with van der Waals surface area (Å²) in [5, 5.41) is 13.5. The topological polar surface area (TPSA) is 35.5 Å². The van der Waals surface area contributed by atoms with Crippen LogP contribution in [0.15, 0.2) is 12.1 Å². The van der Waals surface area contributed by atoms with Gasteiger partial charge in [-0.25, -0.2) is 4.39 Å². The molecule has 1 saturated heterocycles. The Morgan fingerprint density at radius 1 is 1.45 bits per heavy atom. The highest BCUT2D eigenvalue weighted by molar-refractivity contribution is 5.57. The molecule has 4 heteroatoms. The average molecular weight is 280 g/mol. The van der Waals surface area contributed by atoms with Crippen LogP contribution in [0.3, 0.4) is 0 Å². The van der Waals surface area contributed by atoms with Crippen molar-refractivity contribution in [1.82, 2.24) is 5.32 Å². The smallest absolute Gasteiger partial charge is 0.126 e. The fourth-order valence-electron chi connectivity index (χ4n) is 2.88. The molecule has 1 aliphatic heterocycles. The van der Waals surface area contributed by atoms with Gasteiger partial charge < -0.3 is 15.3 Å². The summed E-state index contributed by atoms with van der Waals surface area (Å²) in [6.45, 7) is 7.19. The van der Waals surface area contributed by atoms with E-state index in [0.29, 0.717) is 12.1 Å². The molecule has 3 nitrogen and oxygen atoms in total. The van der Waals surface area contributed by atoms with Gasteiger partial charge in [-0.15, -0.1) is 0 Å². The predicted octanol–water partition coefficient (Wildman–Crippen LogP) is 2.77. The molecule has 2 unspecified atom stereocenters. The van der Waals surface area contributed by atoms with Crippen LogP contribution < -0.4 is 10.2 Å². The summed E-state index contributed by atoms with van der Waals surface area (Å²) >= 11 is 0. The van der Waals surface area contributed by atoms with Crippen LogP contribution in [0.5, 0.6) is 0 Å². The van der Waals surface area contributed by atoms with Gasteiger partial charge in [0.25, 0.3) is 0 Å². The number of rotatable bonds is 3. The Labute approximate surface area is 120 Å². The van der Waals surface area contributed by atoms with Crippen LogP contribution in [-0.4, -0.2) is 30.8 Å². The Bertz CT molecular complexity index is 488. The van der Waals surface area contributed by atoms with E-state index in [-0.39, 0.29) is 11.9 Å². The van der Waals surface area contributed by atoms with Gasteiger partial charge in [0.2, 0.25) is 0 Å². The molecule has 0 radical (unpaired) electrons. The van der Waals surface area contributed by atoms with E-state index >= 15 is 0 Å². The molecule has 0 aliphatic carbocycles. The number of β-amino-alcohol motifs (C(OH)–C–C–N with tert-alkyl or cyclic N) is 1. The molecule has 112 valence electrons. The zero-order chi connectivity index (χ0) is 14.9. The van der Waals surface area contributed by atoms with Crippen LogP contribution in [0, 0.1) is 12.7 Å². The highest BCUT2D eigenvalue weighted by Crippen LogP contribution is 2.33. The van der Waals surface area contributed by atoms with Crippen molar-refractivity contribution in [3.8, 4) is 0 Å². The normalized spacial score (nSPS) is 24.8. The summed E-state index contributed by atoms with van der Waals surface area (Å²) in [5.74, 6) is -0.172. The molecule has 0 saturated carbocycles. The molecule has 1 aromatic rings. The molecular weight excluding hydrogens is 255 g/mol. The molecule has 2 N–H and O–H groups in total. The van der Waals surface area contributed by atoms with E-state index in [9.17, 15) is 9.50 Å². The monoisotopic (exact) mass is 280 g/mol. The zero-order valence-electron chi connectivity index (χ0n) is 12.8. The molecule has 1 fully saturated rings. The third-order valence-electron chi connectivity index (χ3n) is 4.22. The van der Waals surface area contributed by atoms with Gasteiger partial charge in [-0.05, 0) is 63.9 Å². The second-order valence-corrected chi connectivity index (χ2v) is 6.19. The van der Waals surface area contributed by atoms with E-state index in [2.05, 4.69) is 10.2 Å². The zero-order valence-corrected chi connectivity index (χ0v) is 12.8. The molecule has 1 aromatic carbocycles. The molecule has 0 amide bonds. The lowest BCUT2D eigenvalue weighted by Gasteiger charge is -2.39. The van der Waals surface area contributed by atoms with Crippen molar-refractivity contribution < 1.29 is 9.50 Å². The Balaban J connectivity index is 2.41. The van der Waals surface area contributed by atoms with Gasteiger partial charge in [-0.2, -0.15) is 0 Å². The maximum Gasteiger partial charge on any atom is 0.126 e. The number of anilines is 1. The maximum atomic E-state index is 13.9. The van der Waals surface area contributed by atoms with Crippen molar-refractivity contribution in [3.63, 3.8) is 0 Å². The first-order valence-electron chi connectivity index (χ1n) is 7.29. The standard InChI is InChI=1S/C16H25FN2O/c1-11-8-15(13(9-14(11)17)12(2)18-4)19-7-5-6-16(3,20)10-19/h8-9,12,18,20H,5-7,10H2,1-4H3.